The molecule has 0 saturated carbocycles. The minimum Gasteiger partial charge on any atom is -0.271 e. The van der Waals surface area contributed by atoms with Gasteiger partial charge in [0.05, 0.1) is 6.04 Å². The standard InChI is InChI=1S/C14H16ClN3/c1-9-6-11(8-17-7-9)14(18-16)12-4-3-5-13(15)10(12)2/h3-8,14,18H,16H2,1-2H3. The van der Waals surface area contributed by atoms with Gasteiger partial charge in [0.15, 0.2) is 0 Å². The van der Waals surface area contributed by atoms with Crippen molar-refractivity contribution in [3.8, 4) is 0 Å². The first-order valence-electron chi connectivity index (χ1n) is 5.76. The predicted octanol–water partition coefficient (Wildman–Crippen LogP) is 2.90. The number of aryl methyl sites for hydroxylation is 1. The zero-order chi connectivity index (χ0) is 13.1. The normalized spacial score (nSPS) is 12.4. The summed E-state index contributed by atoms with van der Waals surface area (Å²) in [5, 5.41) is 0.744. The van der Waals surface area contributed by atoms with Crippen molar-refractivity contribution in [3.05, 3.63) is 63.9 Å². The molecule has 0 spiro atoms. The number of benzene rings is 1. The molecule has 2 rings (SSSR count). The Kier molecular flexibility index (Phi) is 3.97. The maximum Gasteiger partial charge on any atom is 0.0728 e. The molecule has 0 radical (unpaired) electrons. The van der Waals surface area contributed by atoms with Gasteiger partial charge in [-0.3, -0.25) is 10.8 Å². The highest BCUT2D eigenvalue weighted by Crippen LogP contribution is 2.28. The van der Waals surface area contributed by atoms with Crippen molar-refractivity contribution in [3.63, 3.8) is 0 Å². The summed E-state index contributed by atoms with van der Waals surface area (Å²) in [7, 11) is 0. The number of aromatic nitrogens is 1. The average Bonchev–Trinajstić information content (AvgIpc) is 2.35. The Morgan fingerprint density at radius 3 is 2.72 bits per heavy atom. The van der Waals surface area contributed by atoms with Gasteiger partial charge >= 0.3 is 0 Å². The van der Waals surface area contributed by atoms with E-state index >= 15 is 0 Å². The lowest BCUT2D eigenvalue weighted by Crippen LogP contribution is -2.29. The van der Waals surface area contributed by atoms with Gasteiger partial charge in [-0.05, 0) is 42.2 Å². The molecule has 18 heavy (non-hydrogen) atoms. The molecule has 1 atom stereocenters. The molecule has 0 aliphatic carbocycles. The van der Waals surface area contributed by atoms with Crippen LogP contribution >= 0.6 is 11.6 Å². The second kappa shape index (κ2) is 5.48. The van der Waals surface area contributed by atoms with Crippen LogP contribution in [0.3, 0.4) is 0 Å². The first kappa shape index (κ1) is 13.0. The Morgan fingerprint density at radius 2 is 2.06 bits per heavy atom. The van der Waals surface area contributed by atoms with Crippen molar-refractivity contribution in [2.24, 2.45) is 5.84 Å². The second-order valence-electron chi connectivity index (χ2n) is 4.35. The lowest BCUT2D eigenvalue weighted by atomic mass is 9.96. The molecule has 0 amide bonds. The maximum absolute atomic E-state index is 6.15. The highest BCUT2D eigenvalue weighted by molar-refractivity contribution is 6.31. The van der Waals surface area contributed by atoms with Crippen LogP contribution in [0.25, 0.3) is 0 Å². The maximum atomic E-state index is 6.15. The lowest BCUT2D eigenvalue weighted by Gasteiger charge is -2.19. The minimum absolute atomic E-state index is 0.101. The van der Waals surface area contributed by atoms with E-state index in [4.69, 9.17) is 17.4 Å². The van der Waals surface area contributed by atoms with Crippen LogP contribution in [0.1, 0.15) is 28.3 Å². The SMILES string of the molecule is Cc1cncc(C(NN)c2cccc(Cl)c2C)c1. The van der Waals surface area contributed by atoms with Gasteiger partial charge in [-0.1, -0.05) is 29.8 Å². The van der Waals surface area contributed by atoms with Gasteiger partial charge in [0.2, 0.25) is 0 Å². The zero-order valence-electron chi connectivity index (χ0n) is 10.4. The Bertz CT molecular complexity index is 554. The predicted molar refractivity (Wildman–Crippen MR) is 74.3 cm³/mol. The molecule has 0 aliphatic rings. The fourth-order valence-corrected chi connectivity index (χ4v) is 2.22. The van der Waals surface area contributed by atoms with Gasteiger partial charge in [-0.25, -0.2) is 5.43 Å². The summed E-state index contributed by atoms with van der Waals surface area (Å²) in [6.45, 7) is 4.00. The molecule has 2 aromatic rings. The van der Waals surface area contributed by atoms with Crippen molar-refractivity contribution in [2.45, 2.75) is 19.9 Å². The number of nitrogens with zero attached hydrogens (tertiary/aromatic N) is 1. The summed E-state index contributed by atoms with van der Waals surface area (Å²) in [6, 6.07) is 7.79. The Labute approximate surface area is 112 Å². The fourth-order valence-electron chi connectivity index (χ4n) is 2.04. The van der Waals surface area contributed by atoms with Crippen LogP contribution in [0.2, 0.25) is 5.02 Å². The number of nitrogens with two attached hydrogens (primary N) is 1. The van der Waals surface area contributed by atoms with Gasteiger partial charge in [-0.15, -0.1) is 0 Å². The number of hydrogen-bond donors (Lipinski definition) is 2. The molecule has 0 bridgehead atoms. The van der Waals surface area contributed by atoms with E-state index in [0.717, 1.165) is 27.3 Å². The van der Waals surface area contributed by atoms with Crippen molar-refractivity contribution < 1.29 is 0 Å². The Balaban J connectivity index is 2.49. The number of hydrazine groups is 1. The lowest BCUT2D eigenvalue weighted by molar-refractivity contribution is 0.631. The van der Waals surface area contributed by atoms with Gasteiger partial charge in [0.1, 0.15) is 0 Å². The summed E-state index contributed by atoms with van der Waals surface area (Å²) < 4.78 is 0. The van der Waals surface area contributed by atoms with Gasteiger partial charge in [-0.2, -0.15) is 0 Å². The van der Waals surface area contributed by atoms with Crippen LogP contribution in [-0.4, -0.2) is 4.98 Å². The van der Waals surface area contributed by atoms with Crippen LogP contribution in [0.5, 0.6) is 0 Å². The van der Waals surface area contributed by atoms with Crippen LogP contribution < -0.4 is 11.3 Å². The molecule has 1 unspecified atom stereocenters. The van der Waals surface area contributed by atoms with E-state index in [1.54, 1.807) is 0 Å². The fraction of sp³-hybridized carbons (Fsp3) is 0.214. The molecule has 1 aromatic heterocycles. The Hall–Kier alpha value is -1.42. The summed E-state index contributed by atoms with van der Waals surface area (Å²) >= 11 is 6.15. The molecule has 3 nitrogen and oxygen atoms in total. The van der Waals surface area contributed by atoms with E-state index in [1.165, 1.54) is 0 Å². The number of rotatable bonds is 3. The van der Waals surface area contributed by atoms with Crippen molar-refractivity contribution in [1.82, 2.24) is 10.4 Å². The molecule has 94 valence electrons. The van der Waals surface area contributed by atoms with E-state index in [0.29, 0.717) is 0 Å². The highest BCUT2D eigenvalue weighted by Gasteiger charge is 2.16. The zero-order valence-corrected chi connectivity index (χ0v) is 11.2. The van der Waals surface area contributed by atoms with Crippen LogP contribution in [0.15, 0.2) is 36.7 Å². The highest BCUT2D eigenvalue weighted by atomic mass is 35.5. The third kappa shape index (κ3) is 2.53. The Morgan fingerprint density at radius 1 is 1.28 bits per heavy atom. The average molecular weight is 262 g/mol. The summed E-state index contributed by atoms with van der Waals surface area (Å²) in [4.78, 5) is 4.20. The summed E-state index contributed by atoms with van der Waals surface area (Å²) in [6.07, 6.45) is 3.64. The monoisotopic (exact) mass is 261 g/mol. The van der Waals surface area contributed by atoms with E-state index < -0.39 is 0 Å². The van der Waals surface area contributed by atoms with Crippen LogP contribution in [-0.2, 0) is 0 Å². The van der Waals surface area contributed by atoms with Gasteiger partial charge in [0, 0.05) is 17.4 Å². The largest absolute Gasteiger partial charge is 0.271 e. The minimum atomic E-state index is -0.101. The second-order valence-corrected chi connectivity index (χ2v) is 4.76. The van der Waals surface area contributed by atoms with Crippen molar-refractivity contribution in [2.75, 3.05) is 0 Å². The van der Waals surface area contributed by atoms with Crippen LogP contribution in [0, 0.1) is 13.8 Å². The summed E-state index contributed by atoms with van der Waals surface area (Å²) in [5.74, 6) is 5.68. The molecule has 1 aromatic carbocycles. The van der Waals surface area contributed by atoms with E-state index in [9.17, 15) is 0 Å². The molecule has 0 saturated heterocycles. The third-order valence-corrected chi connectivity index (χ3v) is 3.43. The molecular formula is C14H16ClN3. The molecule has 1 heterocycles. The van der Waals surface area contributed by atoms with E-state index in [1.807, 2.05) is 44.4 Å². The topological polar surface area (TPSA) is 50.9 Å². The van der Waals surface area contributed by atoms with Crippen molar-refractivity contribution in [1.29, 1.82) is 0 Å². The molecule has 0 aliphatic heterocycles. The third-order valence-electron chi connectivity index (χ3n) is 3.02. The smallest absolute Gasteiger partial charge is 0.0728 e. The summed E-state index contributed by atoms with van der Waals surface area (Å²) in [5.41, 5.74) is 7.06. The molecule has 4 heteroatoms. The quantitative estimate of drug-likeness (QED) is 0.660. The van der Waals surface area contributed by atoms with Crippen LogP contribution in [0.4, 0.5) is 0 Å². The molecule has 3 N–H and O–H groups in total. The molecule has 0 fully saturated rings. The van der Waals surface area contributed by atoms with Gasteiger partial charge in [0.25, 0.3) is 0 Å². The number of pyridine rings is 1. The van der Waals surface area contributed by atoms with E-state index in [2.05, 4.69) is 16.5 Å². The number of nitrogens with one attached hydrogen (secondary N) is 1. The molecular weight excluding hydrogens is 246 g/mol. The first-order valence-corrected chi connectivity index (χ1v) is 6.14. The number of hydrogen-bond acceptors (Lipinski definition) is 3. The first-order chi connectivity index (χ1) is 8.63. The van der Waals surface area contributed by atoms with Crippen molar-refractivity contribution >= 4 is 11.6 Å². The van der Waals surface area contributed by atoms with Gasteiger partial charge < -0.3 is 0 Å². The number of halogens is 1. The van der Waals surface area contributed by atoms with E-state index in [-0.39, 0.29) is 6.04 Å².